The highest BCUT2D eigenvalue weighted by atomic mass is 32.2. The van der Waals surface area contributed by atoms with E-state index in [9.17, 15) is 4.79 Å². The summed E-state index contributed by atoms with van der Waals surface area (Å²) in [7, 11) is 1.64. The number of amides is 1. The van der Waals surface area contributed by atoms with Crippen molar-refractivity contribution in [1.82, 2.24) is 15.5 Å². The van der Waals surface area contributed by atoms with E-state index in [-0.39, 0.29) is 11.9 Å². The van der Waals surface area contributed by atoms with Crippen molar-refractivity contribution in [3.05, 3.63) is 24.3 Å². The number of methoxy groups -OCH3 is 1. The summed E-state index contributed by atoms with van der Waals surface area (Å²) in [6.45, 7) is 2.16. The number of hydrogen-bond donors (Lipinski definition) is 2. The van der Waals surface area contributed by atoms with Crippen LogP contribution in [0.5, 0.6) is 5.75 Å². The number of nitrogens with zero attached hydrogens (tertiary/aromatic N) is 2. The summed E-state index contributed by atoms with van der Waals surface area (Å²) >= 11 is 2.89. The number of carbonyl (C=O) groups is 1. The van der Waals surface area contributed by atoms with E-state index in [1.54, 1.807) is 7.11 Å². The first-order chi connectivity index (χ1) is 13.6. The second-order valence-corrected chi connectivity index (χ2v) is 9.91. The van der Waals surface area contributed by atoms with Crippen LogP contribution in [0.3, 0.4) is 0 Å². The minimum Gasteiger partial charge on any atom is -0.497 e. The summed E-state index contributed by atoms with van der Waals surface area (Å²) in [4.78, 5) is 12.3. The number of aromatic nitrogens is 2. The standard InChI is InChI=1S/C20H26N4O2S2/c1-12(17-10-13-3-4-14(17)9-13)21-18(25)11-27-20-24-23-19(28-20)22-15-5-7-16(26-2)8-6-15/h5-8,12-14,17H,3-4,9-11H2,1-2H3,(H,21,25)(H,22,23)/t12-,13-,14-,17-/m0/s1. The first kappa shape index (κ1) is 19.5. The summed E-state index contributed by atoms with van der Waals surface area (Å²) in [6, 6.07) is 7.90. The number of ether oxygens (including phenoxy) is 1. The van der Waals surface area contributed by atoms with E-state index in [2.05, 4.69) is 27.8 Å². The predicted octanol–water partition coefficient (Wildman–Crippen LogP) is 4.32. The summed E-state index contributed by atoms with van der Waals surface area (Å²) in [5.74, 6) is 3.66. The third kappa shape index (κ3) is 4.60. The van der Waals surface area contributed by atoms with Gasteiger partial charge in [-0.3, -0.25) is 4.79 Å². The van der Waals surface area contributed by atoms with Crippen molar-refractivity contribution in [3.63, 3.8) is 0 Å². The Bertz CT molecular complexity index is 811. The monoisotopic (exact) mass is 418 g/mol. The van der Waals surface area contributed by atoms with Crippen LogP contribution in [0, 0.1) is 17.8 Å². The van der Waals surface area contributed by atoms with Crippen molar-refractivity contribution < 1.29 is 9.53 Å². The van der Waals surface area contributed by atoms with Gasteiger partial charge in [0.15, 0.2) is 4.34 Å². The van der Waals surface area contributed by atoms with Crippen LogP contribution in [0.15, 0.2) is 28.6 Å². The van der Waals surface area contributed by atoms with Crippen molar-refractivity contribution in [3.8, 4) is 5.75 Å². The molecule has 150 valence electrons. The average molecular weight is 419 g/mol. The van der Waals surface area contributed by atoms with Gasteiger partial charge in [-0.2, -0.15) is 0 Å². The minimum atomic E-state index is 0.0835. The number of carbonyl (C=O) groups excluding carboxylic acids is 1. The molecule has 0 saturated heterocycles. The zero-order valence-corrected chi connectivity index (χ0v) is 17.8. The molecule has 0 aliphatic heterocycles. The van der Waals surface area contributed by atoms with E-state index < -0.39 is 0 Å². The van der Waals surface area contributed by atoms with Crippen LogP contribution in [0.2, 0.25) is 0 Å². The second-order valence-electron chi connectivity index (χ2n) is 7.71. The van der Waals surface area contributed by atoms with Gasteiger partial charge in [-0.15, -0.1) is 10.2 Å². The van der Waals surface area contributed by atoms with Crippen molar-refractivity contribution >= 4 is 39.8 Å². The molecule has 28 heavy (non-hydrogen) atoms. The van der Waals surface area contributed by atoms with Crippen LogP contribution in [0.25, 0.3) is 0 Å². The van der Waals surface area contributed by atoms with Gasteiger partial charge in [-0.05, 0) is 68.2 Å². The molecule has 2 fully saturated rings. The Hall–Kier alpha value is -1.80. The third-order valence-corrected chi connectivity index (χ3v) is 7.87. The van der Waals surface area contributed by atoms with Crippen molar-refractivity contribution in [2.24, 2.45) is 17.8 Å². The Kier molecular flexibility index (Phi) is 6.06. The highest BCUT2D eigenvalue weighted by molar-refractivity contribution is 8.01. The molecule has 2 bridgehead atoms. The van der Waals surface area contributed by atoms with Crippen LogP contribution < -0.4 is 15.4 Å². The van der Waals surface area contributed by atoms with Crippen LogP contribution in [-0.2, 0) is 4.79 Å². The molecule has 2 N–H and O–H groups in total. The zero-order chi connectivity index (χ0) is 19.5. The second kappa shape index (κ2) is 8.69. The lowest BCUT2D eigenvalue weighted by atomic mass is 9.84. The van der Waals surface area contributed by atoms with Crippen LogP contribution in [0.4, 0.5) is 10.8 Å². The van der Waals surface area contributed by atoms with Gasteiger partial charge in [0.1, 0.15) is 5.75 Å². The molecule has 0 unspecified atom stereocenters. The number of rotatable bonds is 8. The van der Waals surface area contributed by atoms with E-state index >= 15 is 0 Å². The number of fused-ring (bicyclic) bond motifs is 2. The summed E-state index contributed by atoms with van der Waals surface area (Å²) in [5.41, 5.74) is 0.922. The Balaban J connectivity index is 1.23. The van der Waals surface area contributed by atoms with E-state index in [1.165, 1.54) is 48.8 Å². The molecule has 8 heteroatoms. The maximum Gasteiger partial charge on any atom is 0.230 e. The molecule has 1 heterocycles. The molecule has 1 aromatic carbocycles. The number of nitrogens with one attached hydrogen (secondary N) is 2. The predicted molar refractivity (Wildman–Crippen MR) is 113 cm³/mol. The largest absolute Gasteiger partial charge is 0.497 e. The lowest BCUT2D eigenvalue weighted by molar-refractivity contribution is -0.119. The zero-order valence-electron chi connectivity index (χ0n) is 16.2. The molecular formula is C20H26N4O2S2. The fourth-order valence-corrected chi connectivity index (χ4v) is 6.14. The molecule has 0 radical (unpaired) electrons. The van der Waals surface area contributed by atoms with Crippen LogP contribution in [0.1, 0.15) is 32.6 Å². The van der Waals surface area contributed by atoms with E-state index in [1.807, 2.05) is 24.3 Å². The van der Waals surface area contributed by atoms with Gasteiger partial charge in [0.25, 0.3) is 0 Å². The number of benzene rings is 1. The van der Waals surface area contributed by atoms with Gasteiger partial charge in [0, 0.05) is 11.7 Å². The van der Waals surface area contributed by atoms with Gasteiger partial charge >= 0.3 is 0 Å². The topological polar surface area (TPSA) is 76.1 Å². The quantitative estimate of drug-likeness (QED) is 0.622. The van der Waals surface area contributed by atoms with Gasteiger partial charge in [-0.1, -0.05) is 29.5 Å². The Morgan fingerprint density at radius 1 is 1.29 bits per heavy atom. The van der Waals surface area contributed by atoms with E-state index in [0.29, 0.717) is 16.8 Å². The van der Waals surface area contributed by atoms with Crippen molar-refractivity contribution in [1.29, 1.82) is 0 Å². The fraction of sp³-hybridized carbons (Fsp3) is 0.550. The molecule has 1 aromatic heterocycles. The molecule has 4 rings (SSSR count). The summed E-state index contributed by atoms with van der Waals surface area (Å²) < 4.78 is 5.95. The lowest BCUT2D eigenvalue weighted by Crippen LogP contribution is -2.40. The maximum absolute atomic E-state index is 12.3. The average Bonchev–Trinajstić information content (AvgIpc) is 3.44. The Morgan fingerprint density at radius 3 is 2.79 bits per heavy atom. The van der Waals surface area contributed by atoms with Gasteiger partial charge in [0.05, 0.1) is 12.9 Å². The first-order valence-electron chi connectivity index (χ1n) is 9.77. The number of hydrogen-bond acceptors (Lipinski definition) is 7. The minimum absolute atomic E-state index is 0.0835. The molecule has 6 nitrogen and oxygen atoms in total. The van der Waals surface area contributed by atoms with Crippen LogP contribution >= 0.6 is 23.1 Å². The molecule has 2 aromatic rings. The molecule has 2 aliphatic rings. The molecule has 2 aliphatic carbocycles. The highest BCUT2D eigenvalue weighted by Crippen LogP contribution is 2.49. The number of thioether (sulfide) groups is 1. The van der Waals surface area contributed by atoms with E-state index in [0.717, 1.165) is 27.6 Å². The van der Waals surface area contributed by atoms with Crippen molar-refractivity contribution in [2.75, 3.05) is 18.2 Å². The maximum atomic E-state index is 12.3. The normalized spacial score (nSPS) is 24.1. The molecular weight excluding hydrogens is 392 g/mol. The smallest absolute Gasteiger partial charge is 0.230 e. The highest BCUT2D eigenvalue weighted by Gasteiger charge is 2.42. The Labute approximate surface area is 173 Å². The fourth-order valence-electron chi connectivity index (χ4n) is 4.55. The van der Waals surface area contributed by atoms with Crippen LogP contribution in [-0.4, -0.2) is 35.0 Å². The number of anilines is 2. The van der Waals surface area contributed by atoms with Crippen molar-refractivity contribution in [2.45, 2.75) is 43.0 Å². The first-order valence-corrected chi connectivity index (χ1v) is 11.6. The Morgan fingerprint density at radius 2 is 2.11 bits per heavy atom. The molecule has 0 spiro atoms. The SMILES string of the molecule is COc1ccc(Nc2nnc(SCC(=O)N[C@@H](C)[C@@H]3C[C@H]4CC[C@H]3C4)s2)cc1. The van der Waals surface area contributed by atoms with E-state index in [4.69, 9.17) is 4.74 Å². The molecule has 4 atom stereocenters. The van der Waals surface area contributed by atoms with Gasteiger partial charge in [0.2, 0.25) is 11.0 Å². The molecule has 1 amide bonds. The van der Waals surface area contributed by atoms with Gasteiger partial charge in [-0.25, -0.2) is 0 Å². The molecule has 2 saturated carbocycles. The lowest BCUT2D eigenvalue weighted by Gasteiger charge is -2.28. The third-order valence-electron chi connectivity index (χ3n) is 5.90. The summed E-state index contributed by atoms with van der Waals surface area (Å²) in [5, 5.41) is 15.5. The van der Waals surface area contributed by atoms with Gasteiger partial charge < -0.3 is 15.4 Å². The summed E-state index contributed by atoms with van der Waals surface area (Å²) in [6.07, 6.45) is 5.39.